The molecule has 3 atom stereocenters. The van der Waals surface area contributed by atoms with Gasteiger partial charge in [-0.1, -0.05) is 78.9 Å². The average molecular weight is 513 g/mol. The largest absolute Gasteiger partial charge is 0.481 e. The predicted molar refractivity (Wildman–Crippen MR) is 145 cm³/mol. The van der Waals surface area contributed by atoms with Crippen LogP contribution in [0.1, 0.15) is 48.0 Å². The van der Waals surface area contributed by atoms with E-state index < -0.39 is 36.0 Å². The van der Waals surface area contributed by atoms with Gasteiger partial charge in [-0.15, -0.1) is 0 Å². The Morgan fingerprint density at radius 1 is 0.895 bits per heavy atom. The van der Waals surface area contributed by atoms with Gasteiger partial charge in [0, 0.05) is 12.3 Å². The van der Waals surface area contributed by atoms with E-state index >= 15 is 0 Å². The molecule has 1 fully saturated rings. The third-order valence-electron chi connectivity index (χ3n) is 7.10. The molecule has 0 heterocycles. The van der Waals surface area contributed by atoms with Crippen LogP contribution in [-0.4, -0.2) is 39.6 Å². The van der Waals surface area contributed by atoms with Crippen molar-refractivity contribution in [1.29, 1.82) is 0 Å². The van der Waals surface area contributed by atoms with E-state index in [4.69, 9.17) is 4.74 Å². The standard InChI is InChI=1S/C32H32O6/c33-28(16-7-11-23-9-3-1-4-10-23)19-17-27-18-20-29(34)32(27,22-30(35)36)38-31(37)26-15-8-14-25(21-26)24-12-5-2-6-13-24/h1-6,8-10,12-15,17,19,21,27,29,34H,7,11,16,18,20,22H2,(H,35,36). The summed E-state index contributed by atoms with van der Waals surface area (Å²) in [6.45, 7) is 0. The fourth-order valence-corrected chi connectivity index (χ4v) is 5.10. The number of carbonyl (C=O) groups is 3. The van der Waals surface area contributed by atoms with E-state index in [-0.39, 0.29) is 17.8 Å². The Bertz CT molecular complexity index is 1280. The smallest absolute Gasteiger partial charge is 0.338 e. The number of benzene rings is 3. The van der Waals surface area contributed by atoms with Crippen LogP contribution in [0.2, 0.25) is 0 Å². The molecule has 0 aliphatic heterocycles. The molecule has 4 rings (SSSR count). The molecule has 0 bridgehead atoms. The minimum Gasteiger partial charge on any atom is -0.481 e. The van der Waals surface area contributed by atoms with Gasteiger partial charge in [0.1, 0.15) is 0 Å². The average Bonchev–Trinajstić information content (AvgIpc) is 3.22. The number of hydrogen-bond donors (Lipinski definition) is 2. The third kappa shape index (κ3) is 6.64. The van der Waals surface area contributed by atoms with Crippen LogP contribution >= 0.6 is 0 Å². The zero-order valence-electron chi connectivity index (χ0n) is 21.2. The van der Waals surface area contributed by atoms with E-state index in [0.717, 1.165) is 23.1 Å². The van der Waals surface area contributed by atoms with E-state index in [1.807, 2.05) is 66.7 Å². The second-order valence-electron chi connectivity index (χ2n) is 9.73. The van der Waals surface area contributed by atoms with Gasteiger partial charge in [-0.05, 0) is 60.6 Å². The van der Waals surface area contributed by atoms with E-state index in [9.17, 15) is 24.6 Å². The van der Waals surface area contributed by atoms with Gasteiger partial charge < -0.3 is 14.9 Å². The number of ketones is 1. The molecule has 1 saturated carbocycles. The highest BCUT2D eigenvalue weighted by Gasteiger charge is 2.53. The van der Waals surface area contributed by atoms with Gasteiger partial charge in [0.25, 0.3) is 0 Å². The van der Waals surface area contributed by atoms with Crippen molar-refractivity contribution < 1.29 is 29.3 Å². The number of aliphatic hydroxyl groups excluding tert-OH is 1. The van der Waals surface area contributed by atoms with Crippen LogP contribution < -0.4 is 0 Å². The van der Waals surface area contributed by atoms with Gasteiger partial charge >= 0.3 is 11.9 Å². The molecule has 6 heteroatoms. The third-order valence-corrected chi connectivity index (χ3v) is 7.10. The lowest BCUT2D eigenvalue weighted by Gasteiger charge is -2.35. The molecule has 3 unspecified atom stereocenters. The van der Waals surface area contributed by atoms with Crippen LogP contribution in [0.3, 0.4) is 0 Å². The van der Waals surface area contributed by atoms with E-state index in [1.165, 1.54) is 6.08 Å². The summed E-state index contributed by atoms with van der Waals surface area (Å²) in [4.78, 5) is 37.6. The second-order valence-corrected chi connectivity index (χ2v) is 9.73. The molecule has 6 nitrogen and oxygen atoms in total. The Balaban J connectivity index is 1.48. The number of esters is 1. The number of hydrogen-bond acceptors (Lipinski definition) is 5. The first kappa shape index (κ1) is 27.0. The number of rotatable bonds is 11. The minimum atomic E-state index is -1.66. The van der Waals surface area contributed by atoms with Gasteiger partial charge in [0.15, 0.2) is 11.4 Å². The highest BCUT2D eigenvalue weighted by atomic mass is 16.6. The van der Waals surface area contributed by atoms with Crippen molar-refractivity contribution in [2.24, 2.45) is 5.92 Å². The van der Waals surface area contributed by atoms with Crippen molar-refractivity contribution in [2.75, 3.05) is 0 Å². The Morgan fingerprint density at radius 2 is 1.58 bits per heavy atom. The van der Waals surface area contributed by atoms with Gasteiger partial charge in [-0.2, -0.15) is 0 Å². The van der Waals surface area contributed by atoms with Crippen LogP contribution in [0.4, 0.5) is 0 Å². The molecule has 196 valence electrons. The molecule has 0 amide bonds. The molecule has 1 aliphatic rings. The maximum atomic E-state index is 13.3. The molecule has 0 spiro atoms. The van der Waals surface area contributed by atoms with E-state index in [1.54, 1.807) is 24.3 Å². The summed E-state index contributed by atoms with van der Waals surface area (Å²) in [7, 11) is 0. The van der Waals surface area contributed by atoms with Crippen molar-refractivity contribution in [1.82, 2.24) is 0 Å². The summed E-state index contributed by atoms with van der Waals surface area (Å²) in [5.41, 5.74) is 1.50. The fraction of sp³-hybridized carbons (Fsp3) is 0.281. The second kappa shape index (κ2) is 12.5. The van der Waals surface area contributed by atoms with E-state index in [2.05, 4.69) is 0 Å². The lowest BCUT2D eigenvalue weighted by atomic mass is 9.85. The Hall–Kier alpha value is -4.03. The molecular weight excluding hydrogens is 480 g/mol. The molecule has 38 heavy (non-hydrogen) atoms. The van der Waals surface area contributed by atoms with Crippen LogP contribution in [0.15, 0.2) is 97.1 Å². The zero-order chi connectivity index (χ0) is 27.0. The monoisotopic (exact) mass is 512 g/mol. The van der Waals surface area contributed by atoms with Crippen LogP contribution in [0.25, 0.3) is 11.1 Å². The Morgan fingerprint density at radius 3 is 2.29 bits per heavy atom. The Labute approximate surface area is 222 Å². The van der Waals surface area contributed by atoms with Crippen LogP contribution in [-0.2, 0) is 20.7 Å². The van der Waals surface area contributed by atoms with Crippen molar-refractivity contribution in [3.05, 3.63) is 108 Å². The first-order valence-electron chi connectivity index (χ1n) is 12.9. The summed E-state index contributed by atoms with van der Waals surface area (Å²) >= 11 is 0. The summed E-state index contributed by atoms with van der Waals surface area (Å²) in [6, 6.07) is 26.4. The highest BCUT2D eigenvalue weighted by Crippen LogP contribution is 2.43. The quantitative estimate of drug-likeness (QED) is 0.255. The fourth-order valence-electron chi connectivity index (χ4n) is 5.10. The predicted octanol–water partition coefficient (Wildman–Crippen LogP) is 5.64. The van der Waals surface area contributed by atoms with Crippen molar-refractivity contribution in [3.8, 4) is 11.1 Å². The number of carbonyl (C=O) groups excluding carboxylic acids is 2. The maximum Gasteiger partial charge on any atom is 0.338 e. The zero-order valence-corrected chi connectivity index (χ0v) is 21.2. The number of allylic oxidation sites excluding steroid dienone is 1. The number of aryl methyl sites for hydroxylation is 1. The summed E-state index contributed by atoms with van der Waals surface area (Å²) in [6.07, 6.45) is 3.81. The summed E-state index contributed by atoms with van der Waals surface area (Å²) < 4.78 is 5.85. The topological polar surface area (TPSA) is 101 Å². The molecule has 1 aliphatic carbocycles. The lowest BCUT2D eigenvalue weighted by Crippen LogP contribution is -2.48. The minimum absolute atomic E-state index is 0.0894. The number of carboxylic acid groups (broad SMARTS) is 1. The Kier molecular flexibility index (Phi) is 8.87. The van der Waals surface area contributed by atoms with Crippen molar-refractivity contribution >= 4 is 17.7 Å². The molecule has 0 radical (unpaired) electrons. The van der Waals surface area contributed by atoms with Crippen molar-refractivity contribution in [2.45, 2.75) is 50.2 Å². The van der Waals surface area contributed by atoms with E-state index in [0.29, 0.717) is 19.3 Å². The summed E-state index contributed by atoms with van der Waals surface area (Å²) in [5.74, 6) is -2.59. The van der Waals surface area contributed by atoms with Crippen molar-refractivity contribution in [3.63, 3.8) is 0 Å². The molecule has 2 N–H and O–H groups in total. The highest BCUT2D eigenvalue weighted by molar-refractivity contribution is 5.92. The van der Waals surface area contributed by atoms with Gasteiger partial charge in [0.05, 0.1) is 18.1 Å². The number of aliphatic hydroxyl groups is 1. The molecule has 0 aromatic heterocycles. The summed E-state index contributed by atoms with van der Waals surface area (Å²) in [5, 5.41) is 20.5. The lowest BCUT2D eigenvalue weighted by molar-refractivity contribution is -0.150. The maximum absolute atomic E-state index is 13.3. The van der Waals surface area contributed by atoms with Crippen LogP contribution in [0.5, 0.6) is 0 Å². The first-order valence-corrected chi connectivity index (χ1v) is 12.9. The van der Waals surface area contributed by atoms with Gasteiger partial charge in [-0.25, -0.2) is 4.79 Å². The SMILES string of the molecule is O=C(O)CC1(OC(=O)c2cccc(-c3ccccc3)c2)C(O)CCC1C=CC(=O)CCCc1ccccc1. The first-order chi connectivity index (χ1) is 18.4. The molecule has 3 aromatic carbocycles. The number of ether oxygens (including phenoxy) is 1. The molecule has 0 saturated heterocycles. The molecule has 3 aromatic rings. The van der Waals surface area contributed by atoms with Gasteiger partial charge in [0.2, 0.25) is 0 Å². The van der Waals surface area contributed by atoms with Gasteiger partial charge in [-0.3, -0.25) is 9.59 Å². The normalized spacial score (nSPS) is 20.9. The molecular formula is C32H32O6. The number of aliphatic carboxylic acids is 1. The number of carboxylic acids is 1. The van der Waals surface area contributed by atoms with Crippen LogP contribution in [0, 0.1) is 5.92 Å².